The van der Waals surface area contributed by atoms with Crippen LogP contribution in [0.4, 0.5) is 5.69 Å². The Morgan fingerprint density at radius 3 is 2.64 bits per heavy atom. The molecule has 7 heteroatoms. The van der Waals surface area contributed by atoms with Crippen molar-refractivity contribution in [3.05, 3.63) is 24.3 Å². The van der Waals surface area contributed by atoms with Gasteiger partial charge in [-0.3, -0.25) is 4.79 Å². The smallest absolute Gasteiger partial charge is 0.228 e. The number of nitrogens with zero attached hydrogens (tertiary/aromatic N) is 1. The molecule has 1 atom stereocenters. The third kappa shape index (κ3) is 3.98. The van der Waals surface area contributed by atoms with Gasteiger partial charge in [-0.2, -0.15) is 0 Å². The molecule has 1 heterocycles. The summed E-state index contributed by atoms with van der Waals surface area (Å²) in [5, 5.41) is 2.84. The van der Waals surface area contributed by atoms with Gasteiger partial charge in [0.05, 0.1) is 18.8 Å². The second kappa shape index (κ2) is 7.11. The van der Waals surface area contributed by atoms with E-state index in [0.717, 1.165) is 5.75 Å². The molecule has 6 nitrogen and oxygen atoms in total. The quantitative estimate of drug-likeness (QED) is 0.893. The van der Waals surface area contributed by atoms with E-state index in [-0.39, 0.29) is 24.1 Å². The predicted molar refractivity (Wildman–Crippen MR) is 85.4 cm³/mol. The van der Waals surface area contributed by atoms with Gasteiger partial charge < -0.3 is 10.1 Å². The van der Waals surface area contributed by atoms with Crippen molar-refractivity contribution in [3.63, 3.8) is 0 Å². The minimum Gasteiger partial charge on any atom is -0.497 e. The first-order chi connectivity index (χ1) is 10.5. The molecule has 1 aliphatic rings. The van der Waals surface area contributed by atoms with E-state index < -0.39 is 10.0 Å². The van der Waals surface area contributed by atoms with Gasteiger partial charge in [0.2, 0.25) is 15.9 Å². The van der Waals surface area contributed by atoms with Crippen LogP contribution in [0.2, 0.25) is 0 Å². The van der Waals surface area contributed by atoms with Crippen LogP contribution in [0.5, 0.6) is 5.75 Å². The molecule has 2 rings (SSSR count). The van der Waals surface area contributed by atoms with Gasteiger partial charge in [-0.05, 0) is 44.0 Å². The van der Waals surface area contributed by atoms with Crippen molar-refractivity contribution in [1.29, 1.82) is 0 Å². The maximum atomic E-state index is 12.3. The average molecular weight is 326 g/mol. The first kappa shape index (κ1) is 16.8. The first-order valence-electron chi connectivity index (χ1n) is 7.39. The van der Waals surface area contributed by atoms with Gasteiger partial charge in [0.25, 0.3) is 0 Å². The standard InChI is InChI=1S/C15H22N2O4S/c1-3-22(19,20)17-10-4-5-12(11-17)15(18)16-13-6-8-14(21-2)9-7-13/h6-9,12H,3-5,10-11H2,1-2H3,(H,16,18)/t12-/m0/s1. The fraction of sp³-hybridized carbons (Fsp3) is 0.533. The Hall–Kier alpha value is -1.60. The number of benzene rings is 1. The maximum Gasteiger partial charge on any atom is 0.228 e. The van der Waals surface area contributed by atoms with Crippen LogP contribution >= 0.6 is 0 Å². The van der Waals surface area contributed by atoms with Gasteiger partial charge in [-0.15, -0.1) is 0 Å². The number of hydrogen-bond acceptors (Lipinski definition) is 4. The number of nitrogens with one attached hydrogen (secondary N) is 1. The van der Waals surface area contributed by atoms with Crippen molar-refractivity contribution in [1.82, 2.24) is 4.31 Å². The van der Waals surface area contributed by atoms with Crippen LogP contribution in [0, 0.1) is 5.92 Å². The molecule has 1 fully saturated rings. The largest absolute Gasteiger partial charge is 0.497 e. The van der Waals surface area contributed by atoms with E-state index >= 15 is 0 Å². The minimum atomic E-state index is -3.23. The molecule has 122 valence electrons. The zero-order valence-electron chi connectivity index (χ0n) is 12.9. The number of anilines is 1. The summed E-state index contributed by atoms with van der Waals surface area (Å²) in [5.74, 6) is 0.342. The van der Waals surface area contributed by atoms with E-state index in [1.165, 1.54) is 4.31 Å². The van der Waals surface area contributed by atoms with E-state index in [9.17, 15) is 13.2 Å². The second-order valence-electron chi connectivity index (χ2n) is 5.32. The molecule has 0 saturated carbocycles. The number of ether oxygens (including phenoxy) is 1. The predicted octanol–water partition coefficient (Wildman–Crippen LogP) is 1.70. The number of carbonyl (C=O) groups is 1. The Bertz CT molecular complexity index is 613. The van der Waals surface area contributed by atoms with Crippen molar-refractivity contribution in [2.24, 2.45) is 5.92 Å². The van der Waals surface area contributed by atoms with Gasteiger partial charge in [-0.25, -0.2) is 12.7 Å². The summed E-state index contributed by atoms with van der Waals surface area (Å²) in [7, 11) is -1.65. The lowest BCUT2D eigenvalue weighted by Gasteiger charge is -2.30. The number of hydrogen-bond donors (Lipinski definition) is 1. The van der Waals surface area contributed by atoms with Crippen molar-refractivity contribution in [2.45, 2.75) is 19.8 Å². The number of piperidine rings is 1. The summed E-state index contributed by atoms with van der Waals surface area (Å²) >= 11 is 0. The van der Waals surface area contributed by atoms with Crippen molar-refractivity contribution < 1.29 is 17.9 Å². The highest BCUT2D eigenvalue weighted by molar-refractivity contribution is 7.89. The summed E-state index contributed by atoms with van der Waals surface area (Å²) in [6.45, 7) is 2.39. The van der Waals surface area contributed by atoms with Gasteiger partial charge in [0, 0.05) is 18.8 Å². The Balaban J connectivity index is 1.99. The van der Waals surface area contributed by atoms with E-state index in [2.05, 4.69) is 5.32 Å². The highest BCUT2D eigenvalue weighted by Gasteiger charge is 2.31. The topological polar surface area (TPSA) is 75.7 Å². The van der Waals surface area contributed by atoms with Crippen LogP contribution in [-0.4, -0.2) is 44.6 Å². The summed E-state index contributed by atoms with van der Waals surface area (Å²) in [5.41, 5.74) is 0.682. The van der Waals surface area contributed by atoms with E-state index in [1.54, 1.807) is 38.3 Å². The van der Waals surface area contributed by atoms with Crippen LogP contribution in [0.1, 0.15) is 19.8 Å². The Kier molecular flexibility index (Phi) is 5.42. The third-order valence-corrected chi connectivity index (χ3v) is 5.72. The third-order valence-electron chi connectivity index (χ3n) is 3.87. The fourth-order valence-electron chi connectivity index (χ4n) is 2.51. The fourth-order valence-corrected chi connectivity index (χ4v) is 3.69. The number of carbonyl (C=O) groups excluding carboxylic acids is 1. The maximum absolute atomic E-state index is 12.3. The molecule has 0 aliphatic carbocycles. The van der Waals surface area contributed by atoms with E-state index in [1.807, 2.05) is 0 Å². The lowest BCUT2D eigenvalue weighted by Crippen LogP contribution is -2.44. The lowest BCUT2D eigenvalue weighted by atomic mass is 9.99. The Morgan fingerprint density at radius 2 is 2.05 bits per heavy atom. The molecule has 0 unspecified atom stereocenters. The molecule has 1 N–H and O–H groups in total. The molecule has 0 radical (unpaired) electrons. The summed E-state index contributed by atoms with van der Waals surface area (Å²) in [6, 6.07) is 7.06. The molecular weight excluding hydrogens is 304 g/mol. The second-order valence-corrected chi connectivity index (χ2v) is 7.57. The molecule has 1 aromatic carbocycles. The van der Waals surface area contributed by atoms with Gasteiger partial charge in [0.15, 0.2) is 0 Å². The molecule has 0 spiro atoms. The average Bonchev–Trinajstić information content (AvgIpc) is 2.55. The van der Waals surface area contributed by atoms with Crippen LogP contribution in [0.15, 0.2) is 24.3 Å². The van der Waals surface area contributed by atoms with Gasteiger partial charge in [-0.1, -0.05) is 0 Å². The normalized spacial score (nSPS) is 19.6. The monoisotopic (exact) mass is 326 g/mol. The minimum absolute atomic E-state index is 0.0693. The number of sulfonamides is 1. The summed E-state index contributed by atoms with van der Waals surface area (Å²) < 4.78 is 30.4. The molecule has 1 aromatic rings. The number of amides is 1. The Morgan fingerprint density at radius 1 is 1.36 bits per heavy atom. The molecule has 0 aromatic heterocycles. The van der Waals surface area contributed by atoms with Gasteiger partial charge in [0.1, 0.15) is 5.75 Å². The van der Waals surface area contributed by atoms with Crippen molar-refractivity contribution in [2.75, 3.05) is 31.3 Å². The number of rotatable bonds is 5. The molecule has 1 saturated heterocycles. The Labute approximate surface area is 131 Å². The highest BCUT2D eigenvalue weighted by Crippen LogP contribution is 2.22. The van der Waals surface area contributed by atoms with Crippen LogP contribution < -0.4 is 10.1 Å². The molecule has 22 heavy (non-hydrogen) atoms. The number of methoxy groups -OCH3 is 1. The zero-order valence-corrected chi connectivity index (χ0v) is 13.7. The zero-order chi connectivity index (χ0) is 16.2. The van der Waals surface area contributed by atoms with E-state index in [4.69, 9.17) is 4.74 Å². The van der Waals surface area contributed by atoms with Crippen molar-refractivity contribution >= 4 is 21.6 Å². The molecule has 1 amide bonds. The summed E-state index contributed by atoms with van der Waals surface area (Å²) in [6.07, 6.45) is 1.41. The first-order valence-corrected chi connectivity index (χ1v) is 9.00. The molecule has 0 bridgehead atoms. The molecule has 1 aliphatic heterocycles. The van der Waals surface area contributed by atoms with Crippen molar-refractivity contribution in [3.8, 4) is 5.75 Å². The summed E-state index contributed by atoms with van der Waals surface area (Å²) in [4.78, 5) is 12.3. The molecular formula is C15H22N2O4S. The van der Waals surface area contributed by atoms with Crippen LogP contribution in [-0.2, 0) is 14.8 Å². The van der Waals surface area contributed by atoms with Crippen LogP contribution in [0.25, 0.3) is 0 Å². The lowest BCUT2D eigenvalue weighted by molar-refractivity contribution is -0.120. The van der Waals surface area contributed by atoms with Crippen LogP contribution in [0.3, 0.4) is 0 Å². The highest BCUT2D eigenvalue weighted by atomic mass is 32.2. The SMILES string of the molecule is CCS(=O)(=O)N1CCC[C@H](C(=O)Nc2ccc(OC)cc2)C1. The van der Waals surface area contributed by atoms with Gasteiger partial charge >= 0.3 is 0 Å². The van der Waals surface area contributed by atoms with E-state index in [0.29, 0.717) is 25.1 Å².